The predicted molar refractivity (Wildman–Crippen MR) is 119 cm³/mol. The lowest BCUT2D eigenvalue weighted by Crippen LogP contribution is -2.51. The molecule has 3 heterocycles. The summed E-state index contributed by atoms with van der Waals surface area (Å²) in [4.78, 5) is 43.7. The van der Waals surface area contributed by atoms with Gasteiger partial charge in [-0.2, -0.15) is 0 Å². The van der Waals surface area contributed by atoms with Gasteiger partial charge in [0.15, 0.2) is 0 Å². The number of carbonyl (C=O) groups is 3. The molecule has 1 aliphatic carbocycles. The summed E-state index contributed by atoms with van der Waals surface area (Å²) < 4.78 is 16.7. The number of hydrogen-bond acceptors (Lipinski definition) is 6. The van der Waals surface area contributed by atoms with E-state index in [0.29, 0.717) is 35.1 Å². The lowest BCUT2D eigenvalue weighted by Gasteiger charge is -2.34. The number of carbonyl (C=O) groups excluding carboxylic acids is 3. The summed E-state index contributed by atoms with van der Waals surface area (Å²) in [6, 6.07) is 4.41. The van der Waals surface area contributed by atoms with E-state index >= 15 is 0 Å². The number of amides is 3. The fraction of sp³-hybridized carbons (Fsp3) is 0.458. The summed E-state index contributed by atoms with van der Waals surface area (Å²) in [7, 11) is 1.56. The van der Waals surface area contributed by atoms with Crippen molar-refractivity contribution in [1.29, 1.82) is 0 Å². The summed E-state index contributed by atoms with van der Waals surface area (Å²) in [5.41, 5.74) is -0.129. The minimum atomic E-state index is -1.40. The Morgan fingerprint density at radius 3 is 2.82 bits per heavy atom. The van der Waals surface area contributed by atoms with Crippen LogP contribution in [0.2, 0.25) is 0 Å². The van der Waals surface area contributed by atoms with E-state index in [0.717, 1.165) is 5.56 Å². The highest BCUT2D eigenvalue weighted by Crippen LogP contribution is 2.59. The third-order valence-corrected chi connectivity index (χ3v) is 7.36. The molecule has 0 bridgehead atoms. The summed E-state index contributed by atoms with van der Waals surface area (Å²) in [5.74, 6) is -1.04. The van der Waals surface area contributed by atoms with Crippen LogP contribution in [0.15, 0.2) is 41.1 Å². The maximum atomic E-state index is 13.9. The molecule has 3 aliphatic heterocycles. The summed E-state index contributed by atoms with van der Waals surface area (Å²) in [6.07, 6.45) is 4.62. The number of imide groups is 1. The smallest absolute Gasteiger partial charge is 0.332 e. The van der Waals surface area contributed by atoms with E-state index in [-0.39, 0.29) is 13.2 Å². The fourth-order valence-corrected chi connectivity index (χ4v) is 5.91. The molecule has 0 unspecified atom stereocenters. The van der Waals surface area contributed by atoms with Crippen LogP contribution in [-0.4, -0.2) is 53.6 Å². The molecule has 0 radical (unpaired) electrons. The van der Waals surface area contributed by atoms with Crippen molar-refractivity contribution in [3.63, 3.8) is 0 Å². The first-order chi connectivity index (χ1) is 15.8. The van der Waals surface area contributed by atoms with Gasteiger partial charge in [0.1, 0.15) is 17.0 Å². The maximum absolute atomic E-state index is 13.9. The van der Waals surface area contributed by atoms with E-state index in [1.165, 1.54) is 4.90 Å². The molecule has 0 aromatic heterocycles. The van der Waals surface area contributed by atoms with Crippen LogP contribution >= 0.6 is 11.6 Å². The summed E-state index contributed by atoms with van der Waals surface area (Å²) >= 11 is 6.19. The van der Waals surface area contributed by atoms with Gasteiger partial charge in [-0.1, -0.05) is 17.7 Å². The van der Waals surface area contributed by atoms with Gasteiger partial charge < -0.3 is 19.1 Å². The number of rotatable bonds is 4. The van der Waals surface area contributed by atoms with Crippen LogP contribution in [0.4, 0.5) is 4.79 Å². The number of allylic oxidation sites excluding steroid dienone is 4. The number of methoxy groups -OCH3 is 1. The second kappa shape index (κ2) is 7.80. The van der Waals surface area contributed by atoms with Crippen LogP contribution in [0.3, 0.4) is 0 Å². The van der Waals surface area contributed by atoms with E-state index in [2.05, 4.69) is 0 Å². The topological polar surface area (TPSA) is 85.4 Å². The van der Waals surface area contributed by atoms with Crippen LogP contribution in [-0.2, 0) is 14.3 Å². The molecular weight excluding hydrogens is 448 g/mol. The Kier molecular flexibility index (Phi) is 5.16. The molecule has 174 valence electrons. The Hall–Kier alpha value is -3.00. The molecule has 1 aromatic rings. The molecule has 0 spiro atoms. The van der Waals surface area contributed by atoms with Crippen LogP contribution in [0.25, 0.3) is 0 Å². The van der Waals surface area contributed by atoms with Gasteiger partial charge in [-0.25, -0.2) is 9.69 Å². The molecular formula is C24H25ClN2O6. The monoisotopic (exact) mass is 472 g/mol. The van der Waals surface area contributed by atoms with E-state index in [9.17, 15) is 14.4 Å². The van der Waals surface area contributed by atoms with E-state index < -0.39 is 41.3 Å². The highest BCUT2D eigenvalue weighted by atomic mass is 35.5. The minimum Gasteiger partial charge on any atom is -0.497 e. The van der Waals surface area contributed by atoms with Gasteiger partial charge in [-0.15, -0.1) is 0 Å². The molecule has 33 heavy (non-hydrogen) atoms. The van der Waals surface area contributed by atoms with Crippen molar-refractivity contribution in [3.8, 4) is 11.5 Å². The molecule has 4 aliphatic rings. The Balaban J connectivity index is 1.65. The van der Waals surface area contributed by atoms with Crippen LogP contribution in [0, 0.1) is 11.8 Å². The van der Waals surface area contributed by atoms with E-state index in [1.807, 2.05) is 12.1 Å². The molecule has 4 atom stereocenters. The van der Waals surface area contributed by atoms with Crippen LogP contribution in [0.5, 0.6) is 11.5 Å². The number of nitrogens with zero attached hydrogens (tertiary/aromatic N) is 2. The quantitative estimate of drug-likeness (QED) is 0.490. The first kappa shape index (κ1) is 21.8. The van der Waals surface area contributed by atoms with Gasteiger partial charge in [0.2, 0.25) is 0 Å². The Labute approximate surface area is 196 Å². The Morgan fingerprint density at radius 2 is 2.12 bits per heavy atom. The second-order valence-electron chi connectivity index (χ2n) is 8.76. The summed E-state index contributed by atoms with van der Waals surface area (Å²) in [6.45, 7) is 3.74. The number of esters is 1. The SMILES string of the molecule is CCOC(=O)[C@@H]1[C@H]2COc3cc(OC)ccc3[C@H]2N2C(=O)N(C3=CC(Cl)=CCC3)C(=O)[C@]12C. The maximum Gasteiger partial charge on any atom is 0.332 e. The molecule has 2 fully saturated rings. The third kappa shape index (κ3) is 3.00. The molecule has 5 rings (SSSR count). The first-order valence-corrected chi connectivity index (χ1v) is 11.4. The molecule has 3 amide bonds. The van der Waals surface area contributed by atoms with Gasteiger partial charge in [0.25, 0.3) is 5.91 Å². The van der Waals surface area contributed by atoms with Crippen molar-refractivity contribution in [2.24, 2.45) is 11.8 Å². The second-order valence-corrected chi connectivity index (χ2v) is 9.19. The number of hydrogen-bond donors (Lipinski definition) is 0. The van der Waals surface area contributed by atoms with Gasteiger partial charge >= 0.3 is 12.0 Å². The highest BCUT2D eigenvalue weighted by molar-refractivity contribution is 6.31. The van der Waals surface area contributed by atoms with Crippen molar-refractivity contribution < 1.29 is 28.6 Å². The van der Waals surface area contributed by atoms with Gasteiger partial charge in [-0.05, 0) is 44.9 Å². The third-order valence-electron chi connectivity index (χ3n) is 7.09. The molecule has 2 saturated heterocycles. The molecule has 9 heteroatoms. The molecule has 0 N–H and O–H groups in total. The van der Waals surface area contributed by atoms with Crippen molar-refractivity contribution >= 4 is 29.5 Å². The molecule has 8 nitrogen and oxygen atoms in total. The number of halogens is 1. The predicted octanol–water partition coefficient (Wildman–Crippen LogP) is 3.76. The number of benzene rings is 1. The summed E-state index contributed by atoms with van der Waals surface area (Å²) in [5, 5.41) is 0.484. The standard InChI is InChI=1S/C24H25ClN2O6/c1-4-32-21(28)19-17-12-33-18-11-15(31-3)8-9-16(18)20(17)27-23(30)26(22(29)24(19,27)2)14-7-5-6-13(25)10-14/h6,8-11,17,19-20H,4-5,7,12H2,1-3H3/t17-,19+,20-,24+/m1/s1. The van der Waals surface area contributed by atoms with Crippen LogP contribution < -0.4 is 9.47 Å². The van der Waals surface area contributed by atoms with Gasteiger partial charge in [0, 0.05) is 28.3 Å². The lowest BCUT2D eigenvalue weighted by molar-refractivity contribution is -0.155. The fourth-order valence-electron chi connectivity index (χ4n) is 5.67. The van der Waals surface area contributed by atoms with Gasteiger partial charge in [0.05, 0.1) is 32.3 Å². The van der Waals surface area contributed by atoms with Crippen LogP contribution in [0.1, 0.15) is 38.3 Å². The average molecular weight is 473 g/mol. The highest BCUT2D eigenvalue weighted by Gasteiger charge is 2.72. The number of ether oxygens (including phenoxy) is 3. The minimum absolute atomic E-state index is 0.175. The number of fused-ring (bicyclic) bond motifs is 5. The largest absolute Gasteiger partial charge is 0.497 e. The van der Waals surface area contributed by atoms with E-state index in [4.69, 9.17) is 25.8 Å². The van der Waals surface area contributed by atoms with Crippen molar-refractivity contribution in [2.45, 2.75) is 38.3 Å². The Bertz CT molecular complexity index is 1110. The zero-order chi connectivity index (χ0) is 23.5. The normalized spacial score (nSPS) is 30.1. The van der Waals surface area contributed by atoms with Crippen molar-refractivity contribution in [3.05, 3.63) is 46.6 Å². The zero-order valence-electron chi connectivity index (χ0n) is 18.7. The zero-order valence-corrected chi connectivity index (χ0v) is 19.4. The number of urea groups is 1. The van der Waals surface area contributed by atoms with Crippen molar-refractivity contribution in [1.82, 2.24) is 9.80 Å². The molecule has 0 saturated carbocycles. The Morgan fingerprint density at radius 1 is 1.33 bits per heavy atom. The van der Waals surface area contributed by atoms with E-state index in [1.54, 1.807) is 44.1 Å². The van der Waals surface area contributed by atoms with Gasteiger partial charge in [-0.3, -0.25) is 9.59 Å². The molecule has 1 aromatic carbocycles. The average Bonchev–Trinajstić information content (AvgIpc) is 3.18. The lowest BCUT2D eigenvalue weighted by atomic mass is 9.77. The van der Waals surface area contributed by atoms with Crippen molar-refractivity contribution in [2.75, 3.05) is 20.3 Å². The first-order valence-electron chi connectivity index (χ1n) is 11.0.